The third-order valence-corrected chi connectivity index (χ3v) is 1.53. The smallest absolute Gasteiger partial charge is 0.341 e. The summed E-state index contributed by atoms with van der Waals surface area (Å²) < 4.78 is 42.4. The number of ether oxygens (including phenoxy) is 1. The van der Waals surface area contributed by atoms with Crippen molar-refractivity contribution in [2.45, 2.75) is 6.92 Å². The highest BCUT2D eigenvalue weighted by Crippen LogP contribution is 2.15. The molecule has 1 aromatic rings. The van der Waals surface area contributed by atoms with Gasteiger partial charge >= 0.3 is 5.97 Å². The van der Waals surface area contributed by atoms with Crippen molar-refractivity contribution in [3.63, 3.8) is 0 Å². The van der Waals surface area contributed by atoms with Gasteiger partial charge in [0.15, 0.2) is 17.5 Å². The van der Waals surface area contributed by atoms with Crippen LogP contribution in [0.15, 0.2) is 12.1 Å². The number of carbonyl (C=O) groups is 1. The zero-order valence-electron chi connectivity index (χ0n) is 7.31. The molecule has 0 aliphatic heterocycles. The first-order valence-corrected chi connectivity index (χ1v) is 3.88. The van der Waals surface area contributed by atoms with E-state index in [9.17, 15) is 18.0 Å². The molecule has 0 saturated carbocycles. The van der Waals surface area contributed by atoms with Crippen molar-refractivity contribution in [1.82, 2.24) is 0 Å². The maximum absolute atomic E-state index is 12.9. The minimum atomic E-state index is -1.67. The van der Waals surface area contributed by atoms with Crippen LogP contribution in [0.5, 0.6) is 0 Å². The number of carbonyl (C=O) groups excluding carboxylic acids is 1. The summed E-state index contributed by atoms with van der Waals surface area (Å²) in [6, 6.07) is 1.51. The molecule has 1 rings (SSSR count). The third kappa shape index (κ3) is 1.86. The minimum absolute atomic E-state index is 0.0390. The first-order chi connectivity index (χ1) is 6.57. The Hall–Kier alpha value is -1.52. The Kier molecular flexibility index (Phi) is 3.11. The molecule has 0 saturated heterocycles. The second-order valence-electron chi connectivity index (χ2n) is 2.44. The van der Waals surface area contributed by atoms with Gasteiger partial charge in [-0.1, -0.05) is 0 Å². The lowest BCUT2D eigenvalue weighted by Crippen LogP contribution is -2.09. The maximum atomic E-state index is 12.9. The van der Waals surface area contributed by atoms with Crippen LogP contribution in [0, 0.1) is 17.5 Å². The van der Waals surface area contributed by atoms with Gasteiger partial charge in [0.2, 0.25) is 0 Å². The Labute approximate surface area is 78.3 Å². The largest absolute Gasteiger partial charge is 0.462 e. The predicted octanol–water partition coefficient (Wildman–Crippen LogP) is 2.28. The van der Waals surface area contributed by atoms with Crippen LogP contribution in [0.2, 0.25) is 0 Å². The van der Waals surface area contributed by atoms with Crippen molar-refractivity contribution in [1.29, 1.82) is 0 Å². The summed E-state index contributed by atoms with van der Waals surface area (Å²) in [4.78, 5) is 11.0. The first-order valence-electron chi connectivity index (χ1n) is 3.88. The molecule has 0 fully saturated rings. The molecule has 0 aliphatic carbocycles. The quantitative estimate of drug-likeness (QED) is 0.545. The highest BCUT2D eigenvalue weighted by molar-refractivity contribution is 5.89. The standard InChI is InChI=1S/C9H7F3O2/c1-2-14-9(13)5-3-4-6(10)8(12)7(5)11/h3-4H,2H2,1H3. The lowest BCUT2D eigenvalue weighted by atomic mass is 10.2. The number of halogens is 3. The first kappa shape index (κ1) is 10.6. The summed E-state index contributed by atoms with van der Waals surface area (Å²) in [6.45, 7) is 1.56. The Morgan fingerprint density at radius 2 is 1.93 bits per heavy atom. The second kappa shape index (κ2) is 4.13. The molecule has 5 heteroatoms. The average Bonchev–Trinajstić information content (AvgIpc) is 2.15. The number of rotatable bonds is 2. The molecule has 76 valence electrons. The fourth-order valence-electron chi connectivity index (χ4n) is 0.892. The van der Waals surface area contributed by atoms with Gasteiger partial charge in [-0.2, -0.15) is 0 Å². The van der Waals surface area contributed by atoms with Gasteiger partial charge < -0.3 is 4.74 Å². The van der Waals surface area contributed by atoms with Crippen LogP contribution in [0.3, 0.4) is 0 Å². The zero-order valence-corrected chi connectivity index (χ0v) is 7.31. The number of hydrogen-bond acceptors (Lipinski definition) is 2. The van der Waals surface area contributed by atoms with E-state index < -0.39 is 29.0 Å². The van der Waals surface area contributed by atoms with E-state index >= 15 is 0 Å². The van der Waals surface area contributed by atoms with Crippen molar-refractivity contribution in [2.75, 3.05) is 6.61 Å². The van der Waals surface area contributed by atoms with Crippen molar-refractivity contribution in [3.05, 3.63) is 35.1 Å². The molecule has 0 atom stereocenters. The highest BCUT2D eigenvalue weighted by atomic mass is 19.2. The van der Waals surface area contributed by atoms with Crippen molar-refractivity contribution in [2.24, 2.45) is 0 Å². The summed E-state index contributed by atoms with van der Waals surface area (Å²) in [6.07, 6.45) is 0. The Morgan fingerprint density at radius 3 is 2.50 bits per heavy atom. The molecule has 2 nitrogen and oxygen atoms in total. The van der Waals surface area contributed by atoms with Crippen molar-refractivity contribution >= 4 is 5.97 Å². The third-order valence-electron chi connectivity index (χ3n) is 1.53. The molecule has 0 bridgehead atoms. The fraction of sp³-hybridized carbons (Fsp3) is 0.222. The van der Waals surface area contributed by atoms with E-state index in [0.29, 0.717) is 6.07 Å². The lowest BCUT2D eigenvalue weighted by molar-refractivity contribution is 0.0519. The average molecular weight is 204 g/mol. The van der Waals surface area contributed by atoms with Gasteiger partial charge in [0.1, 0.15) is 0 Å². The highest BCUT2D eigenvalue weighted by Gasteiger charge is 2.19. The number of esters is 1. The number of benzene rings is 1. The van der Waals surface area contributed by atoms with Crippen molar-refractivity contribution < 1.29 is 22.7 Å². The van der Waals surface area contributed by atoms with Crippen LogP contribution in [0.4, 0.5) is 13.2 Å². The summed E-state index contributed by atoms with van der Waals surface area (Å²) in [5.74, 6) is -5.54. The van der Waals surface area contributed by atoms with Gasteiger partial charge in [0.25, 0.3) is 0 Å². The molecule has 0 heterocycles. The van der Waals surface area contributed by atoms with E-state index in [-0.39, 0.29) is 6.61 Å². The molecule has 0 unspecified atom stereocenters. The SMILES string of the molecule is CCOC(=O)c1ccc(F)c(F)c1F. The van der Waals surface area contributed by atoms with Gasteiger partial charge in [-0.25, -0.2) is 18.0 Å². The summed E-state index contributed by atoms with van der Waals surface area (Å²) in [5.41, 5.74) is -0.606. The van der Waals surface area contributed by atoms with E-state index in [0.717, 1.165) is 6.07 Å². The molecule has 0 N–H and O–H groups in total. The van der Waals surface area contributed by atoms with Crippen LogP contribution in [-0.2, 0) is 4.74 Å². The normalized spacial score (nSPS) is 10.0. The Balaban J connectivity index is 3.11. The van der Waals surface area contributed by atoms with E-state index in [1.807, 2.05) is 0 Å². The van der Waals surface area contributed by atoms with E-state index in [4.69, 9.17) is 0 Å². The second-order valence-corrected chi connectivity index (χ2v) is 2.44. The van der Waals surface area contributed by atoms with Crippen LogP contribution in [0.1, 0.15) is 17.3 Å². The molecule has 1 aromatic carbocycles. The van der Waals surface area contributed by atoms with Crippen LogP contribution >= 0.6 is 0 Å². The summed E-state index contributed by atoms with van der Waals surface area (Å²) in [7, 11) is 0. The number of hydrogen-bond donors (Lipinski definition) is 0. The van der Waals surface area contributed by atoms with Crippen molar-refractivity contribution in [3.8, 4) is 0 Å². The molecular formula is C9H7F3O2. The minimum Gasteiger partial charge on any atom is -0.462 e. The molecule has 0 amide bonds. The monoisotopic (exact) mass is 204 g/mol. The van der Waals surface area contributed by atoms with Crippen LogP contribution in [-0.4, -0.2) is 12.6 Å². The van der Waals surface area contributed by atoms with Gasteiger partial charge in [0, 0.05) is 0 Å². The molecule has 0 spiro atoms. The molecule has 0 radical (unpaired) electrons. The molecule has 0 aromatic heterocycles. The van der Waals surface area contributed by atoms with Gasteiger partial charge in [-0.15, -0.1) is 0 Å². The van der Waals surface area contributed by atoms with E-state index in [2.05, 4.69) is 4.74 Å². The fourth-order valence-corrected chi connectivity index (χ4v) is 0.892. The summed E-state index contributed by atoms with van der Waals surface area (Å²) >= 11 is 0. The van der Waals surface area contributed by atoms with Crippen LogP contribution in [0.25, 0.3) is 0 Å². The Morgan fingerprint density at radius 1 is 1.29 bits per heavy atom. The van der Waals surface area contributed by atoms with Gasteiger partial charge in [0.05, 0.1) is 12.2 Å². The molecular weight excluding hydrogens is 197 g/mol. The molecule has 14 heavy (non-hydrogen) atoms. The van der Waals surface area contributed by atoms with E-state index in [1.54, 1.807) is 0 Å². The lowest BCUT2D eigenvalue weighted by Gasteiger charge is -2.03. The van der Waals surface area contributed by atoms with E-state index in [1.165, 1.54) is 6.92 Å². The summed E-state index contributed by atoms with van der Waals surface area (Å²) in [5, 5.41) is 0. The molecule has 0 aliphatic rings. The Bertz CT molecular complexity index is 363. The topological polar surface area (TPSA) is 26.3 Å². The van der Waals surface area contributed by atoms with Crippen LogP contribution < -0.4 is 0 Å². The van der Waals surface area contributed by atoms with Gasteiger partial charge in [-0.3, -0.25) is 0 Å². The maximum Gasteiger partial charge on any atom is 0.341 e. The van der Waals surface area contributed by atoms with Gasteiger partial charge in [-0.05, 0) is 19.1 Å². The predicted molar refractivity (Wildman–Crippen MR) is 42.3 cm³/mol. The zero-order chi connectivity index (χ0) is 10.7.